The molecule has 2 aromatic carbocycles. The molecule has 0 aromatic heterocycles. The van der Waals surface area contributed by atoms with Crippen LogP contribution in [0, 0.1) is 5.92 Å². The second-order valence-corrected chi connectivity index (χ2v) is 6.63. The van der Waals surface area contributed by atoms with E-state index in [1.54, 1.807) is 7.11 Å². The minimum Gasteiger partial charge on any atom is -0.380 e. The van der Waals surface area contributed by atoms with Crippen molar-refractivity contribution in [2.75, 3.05) is 12.4 Å². The molecule has 0 amide bonds. The van der Waals surface area contributed by atoms with E-state index in [1.807, 2.05) is 68.4 Å². The molecule has 1 heterocycles. The van der Waals surface area contributed by atoms with Crippen LogP contribution in [-0.2, 0) is 11.3 Å². The minimum absolute atomic E-state index is 0.0772. The van der Waals surface area contributed by atoms with Crippen molar-refractivity contribution in [2.24, 2.45) is 21.6 Å². The highest BCUT2D eigenvalue weighted by Gasteiger charge is 2.33. The lowest BCUT2D eigenvalue weighted by Crippen LogP contribution is -2.61. The van der Waals surface area contributed by atoms with Gasteiger partial charge in [-0.1, -0.05) is 56.3 Å². The van der Waals surface area contributed by atoms with Gasteiger partial charge in [-0.15, -0.1) is 0 Å². The largest absolute Gasteiger partial charge is 0.380 e. The maximum Gasteiger partial charge on any atom is 0.228 e. The van der Waals surface area contributed by atoms with Gasteiger partial charge in [0.1, 0.15) is 5.84 Å². The number of aliphatic imine (C=N–C) groups is 2. The molecule has 6 nitrogen and oxygen atoms in total. The third kappa shape index (κ3) is 4.09. The van der Waals surface area contributed by atoms with E-state index < -0.39 is 5.79 Å². The summed E-state index contributed by atoms with van der Waals surface area (Å²) in [6.45, 7) is 4.61. The van der Waals surface area contributed by atoms with Crippen molar-refractivity contribution in [1.82, 2.24) is 5.32 Å². The molecule has 0 spiro atoms. The molecule has 0 radical (unpaired) electrons. The number of methoxy groups -OCH3 is 1. The first kappa shape index (κ1) is 18.1. The molecule has 2 aromatic rings. The van der Waals surface area contributed by atoms with E-state index in [2.05, 4.69) is 20.6 Å². The SMILES string of the molecule is COCc1cccc(NC2=NC(N)(C(C)C)NC(c3ccccc3)=N2)c1. The summed E-state index contributed by atoms with van der Waals surface area (Å²) < 4.78 is 5.20. The molecule has 4 N–H and O–H groups in total. The zero-order valence-corrected chi connectivity index (χ0v) is 15.4. The molecule has 0 fully saturated rings. The lowest BCUT2D eigenvalue weighted by Gasteiger charge is -2.35. The van der Waals surface area contributed by atoms with Crippen molar-refractivity contribution in [3.05, 3.63) is 65.7 Å². The summed E-state index contributed by atoms with van der Waals surface area (Å²) in [5.74, 6) is 0.327. The quantitative estimate of drug-likeness (QED) is 0.773. The Morgan fingerprint density at radius 1 is 1.15 bits per heavy atom. The molecule has 136 valence electrons. The standard InChI is InChI=1S/C20H25N5O/c1-14(2)20(21)24-18(16-9-5-4-6-10-16)23-19(25-20)22-17-11-7-8-15(12-17)13-26-3/h4-12,14H,13,21H2,1-3H3,(H2,22,23,24,25). The Bertz CT molecular complexity index is 816. The van der Waals surface area contributed by atoms with Gasteiger partial charge in [0.2, 0.25) is 5.96 Å². The van der Waals surface area contributed by atoms with Crippen LogP contribution in [0.5, 0.6) is 0 Å². The number of rotatable bonds is 5. The molecule has 1 unspecified atom stereocenters. The zero-order chi connectivity index (χ0) is 18.6. The van der Waals surface area contributed by atoms with Gasteiger partial charge < -0.3 is 15.4 Å². The molecule has 0 saturated heterocycles. The Balaban J connectivity index is 1.93. The van der Waals surface area contributed by atoms with Crippen LogP contribution in [0.4, 0.5) is 5.69 Å². The van der Waals surface area contributed by atoms with E-state index in [0.717, 1.165) is 16.8 Å². The summed E-state index contributed by atoms with van der Waals surface area (Å²) in [6, 6.07) is 17.9. The van der Waals surface area contributed by atoms with Crippen LogP contribution in [-0.4, -0.2) is 24.7 Å². The van der Waals surface area contributed by atoms with Gasteiger partial charge in [0, 0.05) is 24.3 Å². The van der Waals surface area contributed by atoms with Crippen LogP contribution in [0.2, 0.25) is 0 Å². The van der Waals surface area contributed by atoms with Gasteiger partial charge in [-0.05, 0) is 17.7 Å². The molecule has 0 saturated carbocycles. The van der Waals surface area contributed by atoms with Gasteiger partial charge in [0.05, 0.1) is 6.61 Å². The van der Waals surface area contributed by atoms with Crippen LogP contribution < -0.4 is 16.4 Å². The van der Waals surface area contributed by atoms with E-state index in [4.69, 9.17) is 10.5 Å². The average molecular weight is 351 g/mol. The Morgan fingerprint density at radius 3 is 2.62 bits per heavy atom. The molecule has 0 aliphatic carbocycles. The number of anilines is 1. The molecular formula is C20H25N5O. The number of nitrogens with one attached hydrogen (secondary N) is 2. The summed E-state index contributed by atoms with van der Waals surface area (Å²) in [6.07, 6.45) is 0. The van der Waals surface area contributed by atoms with Gasteiger partial charge in [-0.25, -0.2) is 4.99 Å². The third-order valence-corrected chi connectivity index (χ3v) is 4.25. The fraction of sp³-hybridized carbons (Fsp3) is 0.300. The van der Waals surface area contributed by atoms with E-state index in [0.29, 0.717) is 18.4 Å². The summed E-state index contributed by atoms with van der Waals surface area (Å²) >= 11 is 0. The van der Waals surface area contributed by atoms with Gasteiger partial charge in [0.15, 0.2) is 5.79 Å². The summed E-state index contributed by atoms with van der Waals surface area (Å²) in [7, 11) is 1.68. The first-order valence-electron chi connectivity index (χ1n) is 8.66. The summed E-state index contributed by atoms with van der Waals surface area (Å²) in [5.41, 5.74) is 9.44. The number of benzene rings is 2. The van der Waals surface area contributed by atoms with Crippen molar-refractivity contribution in [3.8, 4) is 0 Å². The van der Waals surface area contributed by atoms with Crippen molar-refractivity contribution in [1.29, 1.82) is 0 Å². The molecule has 1 aliphatic rings. The van der Waals surface area contributed by atoms with E-state index >= 15 is 0 Å². The molecule has 0 bridgehead atoms. The topological polar surface area (TPSA) is 84.0 Å². The maximum atomic E-state index is 6.51. The van der Waals surface area contributed by atoms with Crippen molar-refractivity contribution < 1.29 is 4.74 Å². The highest BCUT2D eigenvalue weighted by molar-refractivity contribution is 6.10. The molecule has 6 heteroatoms. The van der Waals surface area contributed by atoms with Gasteiger partial charge in [-0.2, -0.15) is 4.99 Å². The van der Waals surface area contributed by atoms with E-state index in [-0.39, 0.29) is 5.92 Å². The molecular weight excluding hydrogens is 326 g/mol. The second-order valence-electron chi connectivity index (χ2n) is 6.63. The van der Waals surface area contributed by atoms with E-state index in [1.165, 1.54) is 0 Å². The third-order valence-electron chi connectivity index (χ3n) is 4.25. The van der Waals surface area contributed by atoms with Crippen molar-refractivity contribution >= 4 is 17.5 Å². The zero-order valence-electron chi connectivity index (χ0n) is 15.4. The lowest BCUT2D eigenvalue weighted by atomic mass is 10.0. The number of amidine groups is 1. The predicted octanol–water partition coefficient (Wildman–Crippen LogP) is 2.92. The van der Waals surface area contributed by atoms with Crippen LogP contribution in [0.1, 0.15) is 25.0 Å². The number of nitrogens with two attached hydrogens (primary N) is 1. The van der Waals surface area contributed by atoms with Gasteiger partial charge in [0.25, 0.3) is 0 Å². The number of hydrogen-bond acceptors (Lipinski definition) is 6. The van der Waals surface area contributed by atoms with Gasteiger partial charge >= 0.3 is 0 Å². The number of nitrogens with zero attached hydrogens (tertiary/aromatic N) is 2. The van der Waals surface area contributed by atoms with Crippen molar-refractivity contribution in [3.63, 3.8) is 0 Å². The summed E-state index contributed by atoms with van der Waals surface area (Å²) in [5, 5.41) is 6.55. The molecule has 3 rings (SSSR count). The van der Waals surface area contributed by atoms with Gasteiger partial charge in [-0.3, -0.25) is 5.73 Å². The Labute approximate surface area is 154 Å². The number of guanidine groups is 1. The Kier molecular flexibility index (Phi) is 5.35. The molecule has 1 aliphatic heterocycles. The first-order valence-corrected chi connectivity index (χ1v) is 8.66. The summed E-state index contributed by atoms with van der Waals surface area (Å²) in [4.78, 5) is 9.25. The number of ether oxygens (including phenoxy) is 1. The maximum absolute atomic E-state index is 6.51. The predicted molar refractivity (Wildman–Crippen MR) is 106 cm³/mol. The fourth-order valence-electron chi connectivity index (χ4n) is 2.65. The second kappa shape index (κ2) is 7.68. The monoisotopic (exact) mass is 351 g/mol. The highest BCUT2D eigenvalue weighted by Crippen LogP contribution is 2.20. The molecule has 1 atom stereocenters. The lowest BCUT2D eigenvalue weighted by molar-refractivity contribution is 0.185. The highest BCUT2D eigenvalue weighted by atomic mass is 16.5. The van der Waals surface area contributed by atoms with Crippen LogP contribution in [0.15, 0.2) is 64.6 Å². The van der Waals surface area contributed by atoms with Crippen LogP contribution in [0.25, 0.3) is 0 Å². The molecule has 26 heavy (non-hydrogen) atoms. The van der Waals surface area contributed by atoms with Crippen LogP contribution in [0.3, 0.4) is 0 Å². The number of hydrogen-bond donors (Lipinski definition) is 3. The average Bonchev–Trinajstić information content (AvgIpc) is 2.62. The van der Waals surface area contributed by atoms with Crippen LogP contribution >= 0.6 is 0 Å². The normalized spacial score (nSPS) is 19.6. The fourth-order valence-corrected chi connectivity index (χ4v) is 2.65. The minimum atomic E-state index is -0.931. The van der Waals surface area contributed by atoms with Crippen molar-refractivity contribution in [2.45, 2.75) is 26.2 Å². The Hall–Kier alpha value is -2.70. The Morgan fingerprint density at radius 2 is 1.92 bits per heavy atom. The first-order chi connectivity index (χ1) is 12.5. The van der Waals surface area contributed by atoms with E-state index in [9.17, 15) is 0 Å². The smallest absolute Gasteiger partial charge is 0.228 e.